The quantitative estimate of drug-likeness (QED) is 0.527. The van der Waals surface area contributed by atoms with Gasteiger partial charge in [0.1, 0.15) is 23.4 Å². The number of alkyl halides is 3. The summed E-state index contributed by atoms with van der Waals surface area (Å²) in [5, 5.41) is 18.3. The number of rotatable bonds is 3. The molecule has 2 aromatic carbocycles. The lowest BCUT2D eigenvalue weighted by Crippen LogP contribution is -2.05. The van der Waals surface area contributed by atoms with E-state index >= 15 is 0 Å². The molecule has 0 spiro atoms. The Labute approximate surface area is 149 Å². The van der Waals surface area contributed by atoms with Gasteiger partial charge in [-0.05, 0) is 35.9 Å². The minimum Gasteiger partial charge on any atom is -0.256 e. The predicted molar refractivity (Wildman–Crippen MR) is 86.8 cm³/mol. The van der Waals surface area contributed by atoms with Crippen LogP contribution < -0.4 is 0 Å². The van der Waals surface area contributed by atoms with E-state index in [1.54, 1.807) is 6.07 Å². The van der Waals surface area contributed by atoms with Crippen molar-refractivity contribution in [3.05, 3.63) is 70.4 Å². The molecule has 4 nitrogen and oxygen atoms in total. The molecule has 1 heterocycles. The van der Waals surface area contributed by atoms with Crippen LogP contribution in [0.2, 0.25) is 0 Å². The van der Waals surface area contributed by atoms with Crippen LogP contribution >= 0.6 is 0 Å². The van der Waals surface area contributed by atoms with Gasteiger partial charge in [0.2, 0.25) is 0 Å². The number of benzene rings is 2. The average molecular weight is 376 g/mol. The van der Waals surface area contributed by atoms with E-state index in [1.165, 1.54) is 24.3 Å². The maximum Gasteiger partial charge on any atom is 0.416 e. The second-order valence-electron chi connectivity index (χ2n) is 5.49. The van der Waals surface area contributed by atoms with Gasteiger partial charge in [0.05, 0.1) is 5.56 Å². The molecule has 0 bridgehead atoms. The molecule has 0 saturated carbocycles. The molecule has 3 aromatic rings. The van der Waals surface area contributed by atoms with E-state index in [9.17, 15) is 22.0 Å². The fraction of sp³-hybridized carbons (Fsp3) is 0.0556. The van der Waals surface area contributed by atoms with E-state index in [-0.39, 0.29) is 28.1 Å². The zero-order valence-corrected chi connectivity index (χ0v) is 13.4. The molecule has 0 amide bonds. The molecule has 0 atom stereocenters. The second kappa shape index (κ2) is 6.99. The fourth-order valence-electron chi connectivity index (χ4n) is 2.39. The molecule has 3 rings (SSSR count). The fourth-order valence-corrected chi connectivity index (χ4v) is 2.39. The van der Waals surface area contributed by atoms with Crippen molar-refractivity contribution >= 4 is 12.2 Å². The second-order valence-corrected chi connectivity index (χ2v) is 5.49. The Balaban J connectivity index is 2.08. The van der Waals surface area contributed by atoms with Gasteiger partial charge in [0.15, 0.2) is 5.69 Å². The summed E-state index contributed by atoms with van der Waals surface area (Å²) in [6, 6.07) is 7.70. The minimum atomic E-state index is -4.64. The molecule has 136 valence electrons. The third-order valence-electron chi connectivity index (χ3n) is 3.64. The first kappa shape index (κ1) is 18.3. The molecule has 9 heteroatoms. The molecule has 0 aliphatic heterocycles. The topological polar surface area (TPSA) is 65.4 Å². The Morgan fingerprint density at radius 2 is 1.81 bits per heavy atom. The molecule has 27 heavy (non-hydrogen) atoms. The largest absolute Gasteiger partial charge is 0.416 e. The number of nitrogens with zero attached hydrogens (tertiary/aromatic N) is 3. The van der Waals surface area contributed by atoms with E-state index in [4.69, 9.17) is 5.26 Å². The van der Waals surface area contributed by atoms with Gasteiger partial charge in [0.25, 0.3) is 0 Å². The number of aromatic nitrogens is 3. The van der Waals surface area contributed by atoms with Crippen LogP contribution in [-0.4, -0.2) is 15.4 Å². The summed E-state index contributed by atoms with van der Waals surface area (Å²) in [4.78, 5) is 0. The van der Waals surface area contributed by atoms with E-state index < -0.39 is 23.4 Å². The van der Waals surface area contributed by atoms with Crippen LogP contribution in [0.4, 0.5) is 22.0 Å². The highest BCUT2D eigenvalue weighted by Gasteiger charge is 2.31. The van der Waals surface area contributed by atoms with E-state index in [2.05, 4.69) is 15.4 Å². The number of nitrogens with one attached hydrogen (secondary N) is 1. The van der Waals surface area contributed by atoms with E-state index in [0.29, 0.717) is 6.07 Å². The third-order valence-corrected chi connectivity index (χ3v) is 3.64. The molecule has 0 unspecified atom stereocenters. The molecular formula is C18H9F5N4. The summed E-state index contributed by atoms with van der Waals surface area (Å²) in [5.41, 5.74) is -0.929. The molecular weight excluding hydrogens is 367 g/mol. The van der Waals surface area contributed by atoms with Crippen molar-refractivity contribution in [1.82, 2.24) is 15.4 Å². The normalized spacial score (nSPS) is 11.7. The number of hydrogen-bond donors (Lipinski definition) is 1. The standard InChI is InChI=1S/C18H9F5N4/c19-14-4-3-11(15(20)8-14)2-1-10-5-12(7-13(6-10)18(21,22)23)17-16(9-24)25-27-26-17/h1-8H,(H,25,26,27)/b2-1+. The van der Waals surface area contributed by atoms with Crippen LogP contribution in [0.3, 0.4) is 0 Å². The Hall–Kier alpha value is -3.54. The maximum absolute atomic E-state index is 13.7. The lowest BCUT2D eigenvalue weighted by atomic mass is 10.0. The summed E-state index contributed by atoms with van der Waals surface area (Å²) in [6.07, 6.45) is -2.16. The Bertz CT molecular complexity index is 1060. The van der Waals surface area contributed by atoms with Crippen LogP contribution in [0.5, 0.6) is 0 Å². The third kappa shape index (κ3) is 4.00. The summed E-state index contributed by atoms with van der Waals surface area (Å²) in [6.45, 7) is 0. The predicted octanol–water partition coefficient (Wildman–Crippen LogP) is 4.81. The van der Waals surface area contributed by atoms with Crippen molar-refractivity contribution in [3.8, 4) is 17.3 Å². The number of nitriles is 1. The van der Waals surface area contributed by atoms with Crippen LogP contribution in [0.1, 0.15) is 22.4 Å². The first-order valence-electron chi connectivity index (χ1n) is 7.45. The average Bonchev–Trinajstić information content (AvgIpc) is 3.09. The van der Waals surface area contributed by atoms with Gasteiger partial charge in [-0.25, -0.2) is 8.78 Å². The first-order valence-corrected chi connectivity index (χ1v) is 7.45. The van der Waals surface area contributed by atoms with Crippen molar-refractivity contribution in [3.63, 3.8) is 0 Å². The Morgan fingerprint density at radius 3 is 2.48 bits per heavy atom. The van der Waals surface area contributed by atoms with Crippen molar-refractivity contribution in [2.75, 3.05) is 0 Å². The first-order chi connectivity index (χ1) is 12.8. The summed E-state index contributed by atoms with van der Waals surface area (Å²) in [5.74, 6) is -1.61. The zero-order valence-electron chi connectivity index (χ0n) is 13.4. The molecule has 1 N–H and O–H groups in total. The summed E-state index contributed by atoms with van der Waals surface area (Å²) >= 11 is 0. The van der Waals surface area contributed by atoms with Gasteiger partial charge in [-0.1, -0.05) is 17.4 Å². The molecule has 0 fully saturated rings. The van der Waals surface area contributed by atoms with Gasteiger partial charge in [-0.3, -0.25) is 5.10 Å². The lowest BCUT2D eigenvalue weighted by molar-refractivity contribution is -0.137. The monoisotopic (exact) mass is 376 g/mol. The van der Waals surface area contributed by atoms with E-state index in [1.807, 2.05) is 0 Å². The van der Waals surface area contributed by atoms with Gasteiger partial charge in [0, 0.05) is 17.2 Å². The number of halogens is 5. The zero-order chi connectivity index (χ0) is 19.6. The smallest absolute Gasteiger partial charge is 0.256 e. The maximum atomic E-state index is 13.7. The molecule has 0 aliphatic rings. The van der Waals surface area contributed by atoms with Crippen LogP contribution in [-0.2, 0) is 6.18 Å². The highest BCUT2D eigenvalue weighted by molar-refractivity contribution is 5.75. The molecule has 0 aliphatic carbocycles. The number of H-pyrrole nitrogens is 1. The molecule has 0 saturated heterocycles. The van der Waals surface area contributed by atoms with Gasteiger partial charge in [-0.2, -0.15) is 18.4 Å². The highest BCUT2D eigenvalue weighted by Crippen LogP contribution is 2.34. The van der Waals surface area contributed by atoms with Gasteiger partial charge >= 0.3 is 6.18 Å². The van der Waals surface area contributed by atoms with Crippen molar-refractivity contribution in [2.24, 2.45) is 0 Å². The van der Waals surface area contributed by atoms with Crippen LogP contribution in [0, 0.1) is 23.0 Å². The van der Waals surface area contributed by atoms with Crippen molar-refractivity contribution < 1.29 is 22.0 Å². The minimum absolute atomic E-state index is 0.0104. The summed E-state index contributed by atoms with van der Waals surface area (Å²) < 4.78 is 66.3. The summed E-state index contributed by atoms with van der Waals surface area (Å²) in [7, 11) is 0. The van der Waals surface area contributed by atoms with Gasteiger partial charge < -0.3 is 0 Å². The van der Waals surface area contributed by atoms with Crippen molar-refractivity contribution in [2.45, 2.75) is 6.18 Å². The Morgan fingerprint density at radius 1 is 1.04 bits per heavy atom. The Kier molecular flexibility index (Phi) is 4.73. The lowest BCUT2D eigenvalue weighted by Gasteiger charge is -2.10. The SMILES string of the molecule is N#Cc1nn[nH]c1-c1cc(/C=C/c2ccc(F)cc2F)cc(C(F)(F)F)c1. The van der Waals surface area contributed by atoms with Crippen LogP contribution in [0.15, 0.2) is 36.4 Å². The molecule has 0 radical (unpaired) electrons. The van der Waals surface area contributed by atoms with E-state index in [0.717, 1.165) is 18.2 Å². The number of aromatic amines is 1. The number of hydrogen-bond acceptors (Lipinski definition) is 3. The van der Waals surface area contributed by atoms with Crippen molar-refractivity contribution in [1.29, 1.82) is 5.26 Å². The van der Waals surface area contributed by atoms with Crippen LogP contribution in [0.25, 0.3) is 23.4 Å². The highest BCUT2D eigenvalue weighted by atomic mass is 19.4. The molecule has 1 aromatic heterocycles. The van der Waals surface area contributed by atoms with Gasteiger partial charge in [-0.15, -0.1) is 5.10 Å².